The van der Waals surface area contributed by atoms with Crippen LogP contribution in [-0.2, 0) is 24.2 Å². The predicted octanol–water partition coefficient (Wildman–Crippen LogP) is 3.38. The van der Waals surface area contributed by atoms with Crippen LogP contribution in [0.2, 0.25) is 0 Å². The van der Waals surface area contributed by atoms with Crippen LogP contribution < -0.4 is 5.32 Å². The molecule has 1 fully saturated rings. The van der Waals surface area contributed by atoms with Gasteiger partial charge in [0.15, 0.2) is 0 Å². The molecular formula is C20H26N2O2S. The second-order valence-corrected chi connectivity index (χ2v) is 7.69. The Morgan fingerprint density at radius 1 is 1.24 bits per heavy atom. The van der Waals surface area contributed by atoms with Crippen molar-refractivity contribution in [2.75, 3.05) is 26.3 Å². The van der Waals surface area contributed by atoms with Crippen molar-refractivity contribution in [2.45, 2.75) is 33.4 Å². The molecule has 3 rings (SSSR count). The van der Waals surface area contributed by atoms with Crippen LogP contribution in [0.3, 0.4) is 0 Å². The van der Waals surface area contributed by atoms with Gasteiger partial charge in [-0.3, -0.25) is 9.69 Å². The monoisotopic (exact) mass is 358 g/mol. The van der Waals surface area contributed by atoms with E-state index in [1.54, 1.807) is 11.3 Å². The second kappa shape index (κ2) is 8.61. The largest absolute Gasteiger partial charge is 0.379 e. The minimum atomic E-state index is 0.0198. The van der Waals surface area contributed by atoms with Crippen LogP contribution in [0.1, 0.15) is 38.2 Å². The minimum absolute atomic E-state index is 0.0198. The number of nitrogens with zero attached hydrogens (tertiary/aromatic N) is 1. The third-order valence-electron chi connectivity index (χ3n) is 4.58. The van der Waals surface area contributed by atoms with Crippen molar-refractivity contribution in [3.05, 3.63) is 56.8 Å². The number of rotatable bonds is 6. The fourth-order valence-electron chi connectivity index (χ4n) is 3.11. The van der Waals surface area contributed by atoms with Gasteiger partial charge in [-0.1, -0.05) is 31.2 Å². The quantitative estimate of drug-likeness (QED) is 0.861. The maximum absolute atomic E-state index is 12.4. The normalized spacial score (nSPS) is 15.3. The molecule has 0 bridgehead atoms. The highest BCUT2D eigenvalue weighted by Gasteiger charge is 2.13. The highest BCUT2D eigenvalue weighted by Crippen LogP contribution is 2.22. The molecule has 1 N–H and O–H groups in total. The lowest BCUT2D eigenvalue weighted by atomic mass is 10.1. The number of ether oxygens (including phenoxy) is 1. The lowest BCUT2D eigenvalue weighted by Crippen LogP contribution is -2.35. The summed E-state index contributed by atoms with van der Waals surface area (Å²) in [6, 6.07) is 10.5. The fraction of sp³-hybridized carbons (Fsp3) is 0.450. The van der Waals surface area contributed by atoms with E-state index in [-0.39, 0.29) is 5.91 Å². The Bertz CT molecular complexity index is 720. The lowest BCUT2D eigenvalue weighted by Gasteiger charge is -2.26. The summed E-state index contributed by atoms with van der Waals surface area (Å²) in [4.78, 5) is 16.8. The van der Waals surface area contributed by atoms with Crippen molar-refractivity contribution in [3.63, 3.8) is 0 Å². The van der Waals surface area contributed by atoms with Crippen LogP contribution in [0.5, 0.6) is 0 Å². The van der Waals surface area contributed by atoms with Crippen LogP contribution in [-0.4, -0.2) is 37.1 Å². The zero-order valence-electron chi connectivity index (χ0n) is 15.0. The number of hydrogen-bond acceptors (Lipinski definition) is 4. The van der Waals surface area contributed by atoms with E-state index >= 15 is 0 Å². The zero-order valence-corrected chi connectivity index (χ0v) is 15.8. The van der Waals surface area contributed by atoms with E-state index in [0.717, 1.165) is 49.7 Å². The molecule has 0 saturated carbocycles. The Hall–Kier alpha value is -1.69. The topological polar surface area (TPSA) is 41.6 Å². The number of morpholine rings is 1. The molecule has 1 aromatic heterocycles. The first kappa shape index (κ1) is 18.1. The van der Waals surface area contributed by atoms with E-state index < -0.39 is 0 Å². The number of amides is 1. The Kier molecular flexibility index (Phi) is 6.24. The minimum Gasteiger partial charge on any atom is -0.379 e. The van der Waals surface area contributed by atoms with E-state index in [1.165, 1.54) is 16.0 Å². The van der Waals surface area contributed by atoms with Gasteiger partial charge in [-0.15, -0.1) is 11.3 Å². The van der Waals surface area contributed by atoms with Gasteiger partial charge in [0.05, 0.1) is 18.1 Å². The average molecular weight is 359 g/mol. The number of carbonyl (C=O) groups is 1. The summed E-state index contributed by atoms with van der Waals surface area (Å²) >= 11 is 1.58. The van der Waals surface area contributed by atoms with E-state index in [0.29, 0.717) is 6.54 Å². The number of benzene rings is 1. The summed E-state index contributed by atoms with van der Waals surface area (Å²) < 4.78 is 5.40. The third kappa shape index (κ3) is 4.91. The second-order valence-electron chi connectivity index (χ2n) is 6.44. The predicted molar refractivity (Wildman–Crippen MR) is 102 cm³/mol. The van der Waals surface area contributed by atoms with Crippen molar-refractivity contribution in [2.24, 2.45) is 0 Å². The van der Waals surface area contributed by atoms with Gasteiger partial charge >= 0.3 is 0 Å². The van der Waals surface area contributed by atoms with Crippen molar-refractivity contribution < 1.29 is 9.53 Å². The molecule has 2 heterocycles. The van der Waals surface area contributed by atoms with Crippen LogP contribution in [0.15, 0.2) is 30.3 Å². The summed E-state index contributed by atoms with van der Waals surface area (Å²) in [5.74, 6) is 0.0198. The van der Waals surface area contributed by atoms with E-state index in [9.17, 15) is 4.79 Å². The molecule has 0 spiro atoms. The molecule has 1 amide bonds. The molecule has 1 aliphatic heterocycles. The molecular weight excluding hydrogens is 332 g/mol. The van der Waals surface area contributed by atoms with E-state index in [1.807, 2.05) is 6.07 Å². The molecule has 25 heavy (non-hydrogen) atoms. The molecule has 0 aliphatic carbocycles. The third-order valence-corrected chi connectivity index (χ3v) is 5.67. The number of nitrogens with one attached hydrogen (secondary N) is 1. The van der Waals surface area contributed by atoms with Crippen LogP contribution in [0.4, 0.5) is 0 Å². The number of carbonyl (C=O) groups excluding carboxylic acids is 1. The van der Waals surface area contributed by atoms with Crippen LogP contribution >= 0.6 is 11.3 Å². The highest BCUT2D eigenvalue weighted by molar-refractivity contribution is 7.14. The van der Waals surface area contributed by atoms with Gasteiger partial charge in [0.2, 0.25) is 0 Å². The number of aryl methyl sites for hydroxylation is 2. The zero-order chi connectivity index (χ0) is 17.6. The Balaban J connectivity index is 1.57. The van der Waals surface area contributed by atoms with Gasteiger partial charge in [0.25, 0.3) is 5.91 Å². The van der Waals surface area contributed by atoms with Gasteiger partial charge in [-0.25, -0.2) is 0 Å². The molecule has 4 nitrogen and oxygen atoms in total. The van der Waals surface area contributed by atoms with Crippen LogP contribution in [0, 0.1) is 6.92 Å². The first-order valence-electron chi connectivity index (χ1n) is 8.91. The summed E-state index contributed by atoms with van der Waals surface area (Å²) in [7, 11) is 0. The van der Waals surface area contributed by atoms with Crippen molar-refractivity contribution in [3.8, 4) is 0 Å². The Labute approximate surface area is 153 Å². The first-order chi connectivity index (χ1) is 12.2. The van der Waals surface area contributed by atoms with Crippen LogP contribution in [0.25, 0.3) is 0 Å². The average Bonchev–Trinajstić information content (AvgIpc) is 3.02. The Morgan fingerprint density at radius 2 is 2.00 bits per heavy atom. The Morgan fingerprint density at radius 3 is 2.72 bits per heavy atom. The standard InChI is InChI=1S/C20H26N2O2S/c1-3-18-12-19(25-15(18)2)20(23)21-13-16-5-4-6-17(11-16)14-22-7-9-24-10-8-22/h4-6,11-12H,3,7-10,13-14H2,1-2H3,(H,21,23). The molecule has 0 radical (unpaired) electrons. The number of hydrogen-bond donors (Lipinski definition) is 1. The molecule has 2 aromatic rings. The summed E-state index contributed by atoms with van der Waals surface area (Å²) in [6.07, 6.45) is 0.971. The maximum Gasteiger partial charge on any atom is 0.261 e. The molecule has 0 unspecified atom stereocenters. The van der Waals surface area contributed by atoms with Crippen molar-refractivity contribution in [1.29, 1.82) is 0 Å². The smallest absolute Gasteiger partial charge is 0.261 e. The van der Waals surface area contributed by atoms with Gasteiger partial charge in [-0.2, -0.15) is 0 Å². The van der Waals surface area contributed by atoms with Crippen molar-refractivity contribution >= 4 is 17.2 Å². The lowest BCUT2D eigenvalue weighted by molar-refractivity contribution is 0.0342. The molecule has 5 heteroatoms. The van der Waals surface area contributed by atoms with Gasteiger partial charge in [0.1, 0.15) is 0 Å². The molecule has 1 aromatic carbocycles. The molecule has 0 atom stereocenters. The van der Waals surface area contributed by atoms with E-state index in [4.69, 9.17) is 4.74 Å². The summed E-state index contributed by atoms with van der Waals surface area (Å²) in [5, 5.41) is 3.05. The molecule has 1 aliphatic rings. The highest BCUT2D eigenvalue weighted by atomic mass is 32.1. The fourth-order valence-corrected chi connectivity index (χ4v) is 4.14. The summed E-state index contributed by atoms with van der Waals surface area (Å²) in [6.45, 7) is 9.30. The molecule has 134 valence electrons. The first-order valence-corrected chi connectivity index (χ1v) is 9.72. The van der Waals surface area contributed by atoms with Gasteiger partial charge in [0, 0.05) is 31.1 Å². The SMILES string of the molecule is CCc1cc(C(=O)NCc2cccc(CN3CCOCC3)c2)sc1C. The summed E-state index contributed by atoms with van der Waals surface area (Å²) in [5.41, 5.74) is 3.69. The van der Waals surface area contributed by atoms with E-state index in [2.05, 4.69) is 48.3 Å². The maximum atomic E-state index is 12.4. The van der Waals surface area contributed by atoms with Gasteiger partial charge < -0.3 is 10.1 Å². The number of thiophene rings is 1. The molecule has 1 saturated heterocycles. The van der Waals surface area contributed by atoms with Gasteiger partial charge in [-0.05, 0) is 36.1 Å². The van der Waals surface area contributed by atoms with Crippen molar-refractivity contribution in [1.82, 2.24) is 10.2 Å².